The van der Waals surface area contributed by atoms with Crippen molar-refractivity contribution in [3.63, 3.8) is 0 Å². The van der Waals surface area contributed by atoms with Gasteiger partial charge >= 0.3 is 12.1 Å². The van der Waals surface area contributed by atoms with Crippen molar-refractivity contribution in [3.05, 3.63) is 71.1 Å². The van der Waals surface area contributed by atoms with Gasteiger partial charge in [-0.1, -0.05) is 6.07 Å². The number of carbonyl (C=O) groups is 1. The van der Waals surface area contributed by atoms with Crippen LogP contribution in [0.1, 0.15) is 27.2 Å². The third-order valence-electron chi connectivity index (χ3n) is 4.01. The lowest BCUT2D eigenvalue weighted by Crippen LogP contribution is -2.05. The molecule has 0 fully saturated rings. The smallest absolute Gasteiger partial charge is 0.417 e. The first-order chi connectivity index (χ1) is 13.8. The average Bonchev–Trinajstić information content (AvgIpc) is 3.16. The van der Waals surface area contributed by atoms with Crippen molar-refractivity contribution in [1.29, 1.82) is 0 Å². The Morgan fingerprint density at radius 1 is 1.21 bits per heavy atom. The third-order valence-corrected chi connectivity index (χ3v) is 4.01. The van der Waals surface area contributed by atoms with Crippen LogP contribution < -0.4 is 5.43 Å². The fraction of sp³-hybridized carbons (Fsp3) is 0.150. The number of aromatic nitrogens is 1. The number of aryl methyl sites for hydroxylation is 1. The molecule has 0 saturated heterocycles. The molecule has 6 nitrogen and oxygen atoms in total. The zero-order valence-corrected chi connectivity index (χ0v) is 15.4. The molecule has 0 aliphatic carbocycles. The standard InChI is InChI=1S/C20H16F3N3O3/c1-12-3-4-13(19(27)28-2)9-16(12)17-7-6-15(29-17)11-25-26-18-8-5-14(10-24-18)20(21,22)23/h3-11H,1-2H3,(H,24,26)/b25-11-. The summed E-state index contributed by atoms with van der Waals surface area (Å²) in [7, 11) is 1.31. The van der Waals surface area contributed by atoms with Crippen molar-refractivity contribution in [2.75, 3.05) is 12.5 Å². The van der Waals surface area contributed by atoms with E-state index in [1.165, 1.54) is 19.4 Å². The summed E-state index contributed by atoms with van der Waals surface area (Å²) in [6.45, 7) is 1.88. The number of carbonyl (C=O) groups excluding carboxylic acids is 1. The van der Waals surface area contributed by atoms with Crippen LogP contribution in [0, 0.1) is 6.92 Å². The van der Waals surface area contributed by atoms with Gasteiger partial charge in [0.15, 0.2) is 0 Å². The Labute approximate surface area is 164 Å². The maximum Gasteiger partial charge on any atom is 0.417 e. The second kappa shape index (κ2) is 8.17. The molecule has 1 N–H and O–H groups in total. The van der Waals surface area contributed by atoms with Crippen LogP contribution in [0.5, 0.6) is 0 Å². The van der Waals surface area contributed by atoms with E-state index in [0.29, 0.717) is 17.1 Å². The van der Waals surface area contributed by atoms with E-state index in [-0.39, 0.29) is 5.82 Å². The van der Waals surface area contributed by atoms with Crippen molar-refractivity contribution in [2.24, 2.45) is 5.10 Å². The van der Waals surface area contributed by atoms with Gasteiger partial charge in [0.2, 0.25) is 0 Å². The summed E-state index contributed by atoms with van der Waals surface area (Å²) < 4.78 is 48.0. The zero-order valence-electron chi connectivity index (χ0n) is 15.4. The lowest BCUT2D eigenvalue weighted by Gasteiger charge is -2.06. The van der Waals surface area contributed by atoms with E-state index in [2.05, 4.69) is 15.5 Å². The highest BCUT2D eigenvalue weighted by Crippen LogP contribution is 2.29. The van der Waals surface area contributed by atoms with Crippen molar-refractivity contribution in [2.45, 2.75) is 13.1 Å². The number of ether oxygens (including phenoxy) is 1. The van der Waals surface area contributed by atoms with Gasteiger partial charge < -0.3 is 9.15 Å². The van der Waals surface area contributed by atoms with E-state index in [1.807, 2.05) is 6.92 Å². The molecule has 3 aromatic rings. The summed E-state index contributed by atoms with van der Waals surface area (Å²) >= 11 is 0. The number of methoxy groups -OCH3 is 1. The van der Waals surface area contributed by atoms with Crippen LogP contribution in [0.25, 0.3) is 11.3 Å². The van der Waals surface area contributed by atoms with Crippen molar-refractivity contribution in [1.82, 2.24) is 4.98 Å². The fourth-order valence-electron chi connectivity index (χ4n) is 2.49. The number of hydrogen-bond donors (Lipinski definition) is 1. The van der Waals surface area contributed by atoms with Gasteiger partial charge in [0, 0.05) is 11.8 Å². The van der Waals surface area contributed by atoms with Gasteiger partial charge in [-0.3, -0.25) is 5.43 Å². The van der Waals surface area contributed by atoms with E-state index in [9.17, 15) is 18.0 Å². The number of hydrogen-bond acceptors (Lipinski definition) is 6. The highest BCUT2D eigenvalue weighted by molar-refractivity contribution is 5.91. The fourth-order valence-corrected chi connectivity index (χ4v) is 2.49. The molecule has 0 aliphatic heterocycles. The molecule has 2 aromatic heterocycles. The third kappa shape index (κ3) is 4.81. The summed E-state index contributed by atoms with van der Waals surface area (Å²) in [4.78, 5) is 15.4. The number of furan rings is 1. The van der Waals surface area contributed by atoms with E-state index in [0.717, 1.165) is 23.4 Å². The zero-order chi connectivity index (χ0) is 21.0. The molecule has 9 heteroatoms. The minimum absolute atomic E-state index is 0.155. The highest BCUT2D eigenvalue weighted by atomic mass is 19.4. The first kappa shape index (κ1) is 20.1. The van der Waals surface area contributed by atoms with Crippen LogP contribution in [0.3, 0.4) is 0 Å². The van der Waals surface area contributed by atoms with Crippen molar-refractivity contribution in [3.8, 4) is 11.3 Å². The van der Waals surface area contributed by atoms with Crippen LogP contribution in [-0.2, 0) is 10.9 Å². The molecule has 0 spiro atoms. The number of halogens is 3. The molecule has 1 aromatic carbocycles. The van der Waals surface area contributed by atoms with Crippen LogP contribution in [0.4, 0.5) is 19.0 Å². The molecule has 0 bridgehead atoms. The van der Waals surface area contributed by atoms with Crippen LogP contribution >= 0.6 is 0 Å². The largest absolute Gasteiger partial charge is 0.465 e. The number of benzene rings is 1. The average molecular weight is 403 g/mol. The monoisotopic (exact) mass is 403 g/mol. The van der Waals surface area contributed by atoms with Crippen LogP contribution in [0.15, 0.2) is 58.2 Å². The summed E-state index contributed by atoms with van der Waals surface area (Å²) in [5.41, 5.74) is 3.72. The molecule has 0 unspecified atom stereocenters. The van der Waals surface area contributed by atoms with E-state index in [1.54, 1.807) is 30.3 Å². The number of alkyl halides is 3. The topological polar surface area (TPSA) is 76.7 Å². The lowest BCUT2D eigenvalue weighted by molar-refractivity contribution is -0.137. The molecule has 2 heterocycles. The van der Waals surface area contributed by atoms with Gasteiger partial charge in [0.05, 0.1) is 24.5 Å². The van der Waals surface area contributed by atoms with E-state index < -0.39 is 17.7 Å². The summed E-state index contributed by atoms with van der Waals surface area (Å²) in [5.74, 6) is 0.639. The molecule has 29 heavy (non-hydrogen) atoms. The molecule has 0 atom stereocenters. The molecule has 0 amide bonds. The first-order valence-electron chi connectivity index (χ1n) is 8.39. The highest BCUT2D eigenvalue weighted by Gasteiger charge is 2.30. The van der Waals surface area contributed by atoms with Gasteiger partial charge in [-0.25, -0.2) is 9.78 Å². The Morgan fingerprint density at radius 3 is 2.66 bits per heavy atom. The van der Waals surface area contributed by atoms with Gasteiger partial charge in [-0.2, -0.15) is 18.3 Å². The molecule has 0 saturated carbocycles. The maximum absolute atomic E-state index is 12.5. The Bertz CT molecular complexity index is 1040. The quantitative estimate of drug-likeness (QED) is 0.372. The second-order valence-corrected chi connectivity index (χ2v) is 6.02. The number of nitrogens with zero attached hydrogens (tertiary/aromatic N) is 2. The summed E-state index contributed by atoms with van der Waals surface area (Å²) in [6.07, 6.45) is -2.36. The predicted molar refractivity (Wildman–Crippen MR) is 101 cm³/mol. The van der Waals surface area contributed by atoms with Crippen molar-refractivity contribution < 1.29 is 27.1 Å². The van der Waals surface area contributed by atoms with Gasteiger partial charge in [0.1, 0.15) is 17.3 Å². The normalized spacial score (nSPS) is 11.6. The number of pyridine rings is 1. The Kier molecular flexibility index (Phi) is 5.67. The van der Waals surface area contributed by atoms with E-state index >= 15 is 0 Å². The van der Waals surface area contributed by atoms with E-state index in [4.69, 9.17) is 9.15 Å². The molecular formula is C20H16F3N3O3. The molecular weight excluding hydrogens is 387 g/mol. The SMILES string of the molecule is COC(=O)c1ccc(C)c(-c2ccc(/C=N\Nc3ccc(C(F)(F)F)cn3)o2)c1. The first-order valence-corrected chi connectivity index (χ1v) is 8.39. The molecule has 0 radical (unpaired) electrons. The number of nitrogens with one attached hydrogen (secondary N) is 1. The minimum atomic E-state index is -4.44. The van der Waals surface area contributed by atoms with Gasteiger partial charge in [-0.05, 0) is 48.9 Å². The number of hydrazone groups is 1. The summed E-state index contributed by atoms with van der Waals surface area (Å²) in [5, 5.41) is 3.91. The lowest BCUT2D eigenvalue weighted by atomic mass is 10.0. The Balaban J connectivity index is 1.71. The second-order valence-electron chi connectivity index (χ2n) is 6.02. The van der Waals surface area contributed by atoms with Crippen LogP contribution in [0.2, 0.25) is 0 Å². The molecule has 0 aliphatic rings. The van der Waals surface area contributed by atoms with Gasteiger partial charge in [0.25, 0.3) is 0 Å². The predicted octanol–water partition coefficient (Wildman–Crippen LogP) is 4.90. The summed E-state index contributed by atoms with van der Waals surface area (Å²) in [6, 6.07) is 10.6. The minimum Gasteiger partial charge on any atom is -0.465 e. The number of anilines is 1. The van der Waals surface area contributed by atoms with Gasteiger partial charge in [-0.15, -0.1) is 0 Å². The van der Waals surface area contributed by atoms with Crippen LogP contribution in [-0.4, -0.2) is 24.3 Å². The molecule has 3 rings (SSSR count). The Hall–Kier alpha value is -3.62. The molecule has 150 valence electrons. The number of rotatable bonds is 5. The number of esters is 1. The Morgan fingerprint density at radius 2 is 2.00 bits per heavy atom. The van der Waals surface area contributed by atoms with Crippen molar-refractivity contribution >= 4 is 18.0 Å². The maximum atomic E-state index is 12.5.